The van der Waals surface area contributed by atoms with E-state index in [9.17, 15) is 4.79 Å². The number of aromatic nitrogens is 3. The number of fused-ring (bicyclic) bond motifs is 1. The van der Waals surface area contributed by atoms with Gasteiger partial charge in [-0.15, -0.1) is 0 Å². The molecule has 7 nitrogen and oxygen atoms in total. The lowest BCUT2D eigenvalue weighted by atomic mass is 9.93. The number of carbonyl (C=O) groups is 1. The molecule has 4 rings (SSSR count). The van der Waals surface area contributed by atoms with Gasteiger partial charge in [-0.05, 0) is 37.8 Å². The monoisotopic (exact) mass is 373 g/mol. The van der Waals surface area contributed by atoms with Crippen molar-refractivity contribution in [3.63, 3.8) is 0 Å². The maximum Gasteiger partial charge on any atom is 0.270 e. The van der Waals surface area contributed by atoms with Crippen molar-refractivity contribution < 1.29 is 9.53 Å². The summed E-state index contributed by atoms with van der Waals surface area (Å²) < 4.78 is 5.84. The normalized spacial score (nSPS) is 19.0. The van der Waals surface area contributed by atoms with Gasteiger partial charge < -0.3 is 10.1 Å². The van der Waals surface area contributed by atoms with Crippen molar-refractivity contribution in [2.75, 3.05) is 0 Å². The van der Waals surface area contributed by atoms with Gasteiger partial charge in [0.1, 0.15) is 17.9 Å². The molecule has 0 radical (unpaired) electrons. The predicted molar refractivity (Wildman–Crippen MR) is 103 cm³/mol. The summed E-state index contributed by atoms with van der Waals surface area (Å²) in [7, 11) is 0. The molecule has 3 aromatic rings. The van der Waals surface area contributed by atoms with E-state index in [0.29, 0.717) is 5.69 Å². The maximum absolute atomic E-state index is 12.6. The highest BCUT2D eigenvalue weighted by atomic mass is 16.5. The average molecular weight is 373 g/mol. The highest BCUT2D eigenvalue weighted by Crippen LogP contribution is 2.24. The van der Waals surface area contributed by atoms with E-state index in [4.69, 9.17) is 10.00 Å². The lowest BCUT2D eigenvalue weighted by molar-refractivity contribution is 0.0885. The molecule has 1 fully saturated rings. The SMILES string of the molecule is N#Cc1nccnc1OC1CCC(NC(=O)c2ccc3ccccc3n2)CC1. The van der Waals surface area contributed by atoms with E-state index in [2.05, 4.69) is 20.3 Å². The third-order valence-electron chi connectivity index (χ3n) is 4.89. The van der Waals surface area contributed by atoms with Crippen molar-refractivity contribution in [3.05, 3.63) is 60.2 Å². The maximum atomic E-state index is 12.6. The molecule has 0 atom stereocenters. The Hall–Kier alpha value is -3.53. The van der Waals surface area contributed by atoms with Crippen LogP contribution in [0.1, 0.15) is 41.9 Å². The Labute approximate surface area is 162 Å². The minimum Gasteiger partial charge on any atom is -0.472 e. The van der Waals surface area contributed by atoms with Crippen LogP contribution in [0.15, 0.2) is 48.8 Å². The molecule has 1 aromatic carbocycles. The third kappa shape index (κ3) is 3.91. The molecule has 28 heavy (non-hydrogen) atoms. The van der Waals surface area contributed by atoms with E-state index in [-0.39, 0.29) is 29.6 Å². The quantitative estimate of drug-likeness (QED) is 0.754. The van der Waals surface area contributed by atoms with Crippen LogP contribution in [-0.2, 0) is 0 Å². The summed E-state index contributed by atoms with van der Waals surface area (Å²) >= 11 is 0. The topological polar surface area (TPSA) is 101 Å². The van der Waals surface area contributed by atoms with E-state index >= 15 is 0 Å². The van der Waals surface area contributed by atoms with Crippen LogP contribution in [0.5, 0.6) is 5.88 Å². The average Bonchev–Trinajstić information content (AvgIpc) is 2.75. The van der Waals surface area contributed by atoms with E-state index in [1.165, 1.54) is 12.4 Å². The van der Waals surface area contributed by atoms with Crippen molar-refractivity contribution in [2.45, 2.75) is 37.8 Å². The zero-order chi connectivity index (χ0) is 19.3. The first-order valence-electron chi connectivity index (χ1n) is 9.27. The van der Waals surface area contributed by atoms with Gasteiger partial charge in [0.2, 0.25) is 5.69 Å². The highest BCUT2D eigenvalue weighted by molar-refractivity contribution is 5.95. The molecule has 1 saturated carbocycles. The Morgan fingerprint density at radius 3 is 2.68 bits per heavy atom. The molecule has 1 aliphatic carbocycles. The predicted octanol–water partition coefficient (Wildman–Crippen LogP) is 3.02. The minimum atomic E-state index is -0.157. The van der Waals surface area contributed by atoms with Gasteiger partial charge in [-0.2, -0.15) is 5.26 Å². The Balaban J connectivity index is 1.33. The molecule has 2 aromatic heterocycles. The molecule has 1 amide bonds. The summed E-state index contributed by atoms with van der Waals surface area (Å²) in [6.07, 6.45) is 6.10. The molecule has 140 valence electrons. The first-order chi connectivity index (χ1) is 13.7. The molecule has 2 heterocycles. The zero-order valence-corrected chi connectivity index (χ0v) is 15.2. The first kappa shape index (κ1) is 17.9. The molecule has 0 unspecified atom stereocenters. The van der Waals surface area contributed by atoms with E-state index in [0.717, 1.165) is 36.6 Å². The second-order valence-corrected chi connectivity index (χ2v) is 6.78. The fraction of sp³-hybridized carbons (Fsp3) is 0.286. The molecule has 0 aliphatic heterocycles. The van der Waals surface area contributed by atoms with Crippen molar-refractivity contribution in [1.29, 1.82) is 5.26 Å². The van der Waals surface area contributed by atoms with Crippen LogP contribution >= 0.6 is 0 Å². The summed E-state index contributed by atoms with van der Waals surface area (Å²) in [5.41, 5.74) is 1.43. The molecular weight excluding hydrogens is 354 g/mol. The fourth-order valence-electron chi connectivity index (χ4n) is 3.42. The van der Waals surface area contributed by atoms with Gasteiger partial charge in [0.15, 0.2) is 0 Å². The number of hydrogen-bond acceptors (Lipinski definition) is 6. The van der Waals surface area contributed by atoms with Gasteiger partial charge in [-0.1, -0.05) is 24.3 Å². The fourth-order valence-corrected chi connectivity index (χ4v) is 3.42. The lowest BCUT2D eigenvalue weighted by Crippen LogP contribution is -2.40. The van der Waals surface area contributed by atoms with Crippen molar-refractivity contribution >= 4 is 16.8 Å². The number of rotatable bonds is 4. The summed E-state index contributed by atoms with van der Waals surface area (Å²) in [5, 5.41) is 13.2. The summed E-state index contributed by atoms with van der Waals surface area (Å²) in [6, 6.07) is 13.5. The van der Waals surface area contributed by atoms with Crippen LogP contribution in [0.2, 0.25) is 0 Å². The van der Waals surface area contributed by atoms with Crippen LogP contribution in [0.25, 0.3) is 10.9 Å². The molecule has 0 bridgehead atoms. The summed E-state index contributed by atoms with van der Waals surface area (Å²) in [6.45, 7) is 0. The van der Waals surface area contributed by atoms with Crippen LogP contribution in [-0.4, -0.2) is 33.0 Å². The van der Waals surface area contributed by atoms with Gasteiger partial charge in [-0.3, -0.25) is 4.79 Å². The van der Waals surface area contributed by atoms with E-state index in [1.807, 2.05) is 36.4 Å². The summed E-state index contributed by atoms with van der Waals surface area (Å²) in [5.74, 6) is 0.119. The third-order valence-corrected chi connectivity index (χ3v) is 4.89. The Kier molecular flexibility index (Phi) is 5.11. The van der Waals surface area contributed by atoms with Gasteiger partial charge in [-0.25, -0.2) is 15.0 Å². The summed E-state index contributed by atoms with van der Waals surface area (Å²) in [4.78, 5) is 25.1. The van der Waals surface area contributed by atoms with Gasteiger partial charge in [0, 0.05) is 23.8 Å². The molecule has 0 saturated heterocycles. The number of hydrogen-bond donors (Lipinski definition) is 1. The molecular formula is C21H19N5O2. The number of nitrogens with zero attached hydrogens (tertiary/aromatic N) is 4. The molecule has 0 spiro atoms. The number of para-hydroxylation sites is 1. The largest absolute Gasteiger partial charge is 0.472 e. The number of carbonyl (C=O) groups excluding carboxylic acids is 1. The molecule has 1 N–H and O–H groups in total. The van der Waals surface area contributed by atoms with Crippen LogP contribution in [0.4, 0.5) is 0 Å². The van der Waals surface area contributed by atoms with Crippen molar-refractivity contribution in [3.8, 4) is 11.9 Å². The van der Waals surface area contributed by atoms with Gasteiger partial charge >= 0.3 is 0 Å². The van der Waals surface area contributed by atoms with E-state index < -0.39 is 0 Å². The second kappa shape index (κ2) is 8.01. The van der Waals surface area contributed by atoms with Crippen LogP contribution in [0.3, 0.4) is 0 Å². The van der Waals surface area contributed by atoms with Crippen LogP contribution < -0.4 is 10.1 Å². The van der Waals surface area contributed by atoms with Crippen molar-refractivity contribution in [2.24, 2.45) is 0 Å². The van der Waals surface area contributed by atoms with Crippen LogP contribution in [0, 0.1) is 11.3 Å². The smallest absolute Gasteiger partial charge is 0.270 e. The highest BCUT2D eigenvalue weighted by Gasteiger charge is 2.25. The Morgan fingerprint density at radius 1 is 1.07 bits per heavy atom. The zero-order valence-electron chi connectivity index (χ0n) is 15.2. The lowest BCUT2D eigenvalue weighted by Gasteiger charge is -2.29. The Bertz CT molecular complexity index is 1040. The number of ether oxygens (including phenoxy) is 1. The standard InChI is InChI=1S/C21H19N5O2/c22-13-19-21(24-12-11-23-19)28-16-8-6-15(7-9-16)25-20(27)18-10-5-14-3-1-2-4-17(14)26-18/h1-5,10-12,15-16H,6-9H2,(H,25,27). The van der Waals surface area contributed by atoms with Gasteiger partial charge in [0.25, 0.3) is 11.8 Å². The number of amides is 1. The number of nitrogens with one attached hydrogen (secondary N) is 1. The Morgan fingerprint density at radius 2 is 1.86 bits per heavy atom. The van der Waals surface area contributed by atoms with Crippen molar-refractivity contribution in [1.82, 2.24) is 20.3 Å². The number of nitriles is 1. The second-order valence-electron chi connectivity index (χ2n) is 6.78. The number of pyridine rings is 1. The molecule has 7 heteroatoms. The first-order valence-corrected chi connectivity index (χ1v) is 9.27. The van der Waals surface area contributed by atoms with E-state index in [1.54, 1.807) is 6.07 Å². The van der Waals surface area contributed by atoms with Gasteiger partial charge in [0.05, 0.1) is 5.52 Å². The minimum absolute atomic E-state index is 0.0317. The number of benzene rings is 1. The molecule has 1 aliphatic rings.